The molecule has 2 aromatic rings. The summed E-state index contributed by atoms with van der Waals surface area (Å²) in [6, 6.07) is 2.38. The maximum Gasteiger partial charge on any atom is 0.116 e. The van der Waals surface area contributed by atoms with Crippen molar-refractivity contribution in [2.45, 2.75) is 246 Å². The van der Waals surface area contributed by atoms with Gasteiger partial charge in [-0.25, -0.2) is 4.68 Å². The van der Waals surface area contributed by atoms with Crippen LogP contribution >= 0.6 is 0 Å². The Morgan fingerprint density at radius 1 is 0.479 bits per heavy atom. The van der Waals surface area contributed by atoms with E-state index in [0.29, 0.717) is 6.67 Å². The Balaban J connectivity index is 1.58. The van der Waals surface area contributed by atoms with Crippen molar-refractivity contribution in [2.24, 2.45) is 5.73 Å². The molecule has 0 aliphatic carbocycles. The Bertz CT molecular complexity index is 995. The quantitative estimate of drug-likeness (QED) is 0.0745. The number of aromatic nitrogens is 3. The van der Waals surface area contributed by atoms with Crippen molar-refractivity contribution in [3.8, 4) is 0 Å². The zero-order valence-electron chi connectivity index (χ0n) is 32.7. The SMILES string of the molecule is CCCCCCCCCCCCCCCCCCc1cc2c(nnn2CN)c(C)c1CCCCCCCCCCCCCCCCCC. The second-order valence-corrected chi connectivity index (χ2v) is 15.4. The molecule has 4 nitrogen and oxygen atoms in total. The molecule has 0 amide bonds. The van der Waals surface area contributed by atoms with E-state index in [9.17, 15) is 0 Å². The van der Waals surface area contributed by atoms with Gasteiger partial charge in [-0.3, -0.25) is 0 Å². The van der Waals surface area contributed by atoms with Gasteiger partial charge in [0.2, 0.25) is 0 Å². The fourth-order valence-corrected chi connectivity index (χ4v) is 7.79. The van der Waals surface area contributed by atoms with E-state index >= 15 is 0 Å². The molecule has 2 rings (SSSR count). The third kappa shape index (κ3) is 19.7. The molecule has 0 aliphatic heterocycles. The van der Waals surface area contributed by atoms with Gasteiger partial charge in [-0.1, -0.05) is 212 Å². The van der Waals surface area contributed by atoms with Crippen LogP contribution in [-0.4, -0.2) is 15.0 Å². The molecule has 0 saturated carbocycles. The van der Waals surface area contributed by atoms with E-state index in [1.165, 1.54) is 229 Å². The van der Waals surface area contributed by atoms with Gasteiger partial charge in [-0.05, 0) is 55.4 Å². The average Bonchev–Trinajstić information content (AvgIpc) is 3.52. The standard InChI is InChI=1S/C44H82N4/c1-4-6-8-10-12-14-16-18-20-22-24-26-28-30-32-34-36-41-38-43-44(46-47-48(43)39-45)40(3)42(41)37-35-33-31-29-27-25-23-21-19-17-15-13-11-9-7-5-2/h38H,4-37,39,45H2,1-3H3. The van der Waals surface area contributed by atoms with Gasteiger partial charge in [0.25, 0.3) is 0 Å². The first-order chi connectivity index (χ1) is 23.7. The van der Waals surface area contributed by atoms with Gasteiger partial charge >= 0.3 is 0 Å². The van der Waals surface area contributed by atoms with Crippen molar-refractivity contribution < 1.29 is 0 Å². The van der Waals surface area contributed by atoms with Crippen LogP contribution in [0.1, 0.15) is 236 Å². The topological polar surface area (TPSA) is 56.7 Å². The van der Waals surface area contributed by atoms with Crippen molar-refractivity contribution in [1.29, 1.82) is 0 Å². The number of aryl methyl sites for hydroxylation is 2. The summed E-state index contributed by atoms with van der Waals surface area (Å²) < 4.78 is 1.87. The average molecular weight is 667 g/mol. The van der Waals surface area contributed by atoms with Crippen LogP contribution in [0, 0.1) is 6.92 Å². The smallest absolute Gasteiger partial charge is 0.116 e. The zero-order valence-corrected chi connectivity index (χ0v) is 32.7. The van der Waals surface area contributed by atoms with Gasteiger partial charge < -0.3 is 5.73 Å². The number of fused-ring (bicyclic) bond motifs is 1. The number of rotatable bonds is 35. The summed E-state index contributed by atoms with van der Waals surface area (Å²) in [5.41, 5.74) is 12.6. The van der Waals surface area contributed by atoms with Crippen molar-refractivity contribution >= 4 is 11.0 Å². The molecular weight excluding hydrogens is 585 g/mol. The highest BCUT2D eigenvalue weighted by Crippen LogP contribution is 2.28. The normalized spacial score (nSPS) is 11.8. The fourth-order valence-electron chi connectivity index (χ4n) is 7.79. The van der Waals surface area contributed by atoms with Gasteiger partial charge in [-0.2, -0.15) is 0 Å². The predicted molar refractivity (Wildman–Crippen MR) is 213 cm³/mol. The molecule has 0 aliphatic rings. The molecule has 0 spiro atoms. The largest absolute Gasteiger partial charge is 0.312 e. The molecule has 0 atom stereocenters. The molecule has 0 saturated heterocycles. The fraction of sp³-hybridized carbons (Fsp3) is 0.864. The van der Waals surface area contributed by atoms with Crippen molar-refractivity contribution in [3.63, 3.8) is 0 Å². The second kappa shape index (κ2) is 30.4. The lowest BCUT2D eigenvalue weighted by molar-refractivity contribution is 0.528. The first-order valence-electron chi connectivity index (χ1n) is 21.8. The van der Waals surface area contributed by atoms with Crippen LogP contribution in [0.3, 0.4) is 0 Å². The molecule has 0 radical (unpaired) electrons. The molecule has 1 heterocycles. The minimum atomic E-state index is 0.396. The van der Waals surface area contributed by atoms with Crippen LogP contribution in [0.15, 0.2) is 6.07 Å². The summed E-state index contributed by atoms with van der Waals surface area (Å²) in [6.07, 6.45) is 47.8. The maximum atomic E-state index is 6.00. The highest BCUT2D eigenvalue weighted by molar-refractivity contribution is 5.80. The molecule has 1 aromatic heterocycles. The van der Waals surface area contributed by atoms with Crippen molar-refractivity contribution in [1.82, 2.24) is 15.0 Å². The third-order valence-electron chi connectivity index (χ3n) is 11.0. The van der Waals surface area contributed by atoms with Crippen LogP contribution in [0.5, 0.6) is 0 Å². The number of nitrogens with two attached hydrogens (primary N) is 1. The van der Waals surface area contributed by atoms with Gasteiger partial charge in [0, 0.05) is 0 Å². The van der Waals surface area contributed by atoms with E-state index in [-0.39, 0.29) is 0 Å². The summed E-state index contributed by atoms with van der Waals surface area (Å²) in [5, 5.41) is 8.89. The number of hydrogen-bond acceptors (Lipinski definition) is 3. The van der Waals surface area contributed by atoms with Gasteiger partial charge in [0.1, 0.15) is 5.52 Å². The van der Waals surface area contributed by atoms with Crippen LogP contribution in [0.2, 0.25) is 0 Å². The summed E-state index contributed by atoms with van der Waals surface area (Å²) in [6.45, 7) is 7.28. The Morgan fingerprint density at radius 3 is 1.17 bits per heavy atom. The van der Waals surface area contributed by atoms with Gasteiger partial charge in [-0.15, -0.1) is 5.10 Å². The van der Waals surface area contributed by atoms with Crippen LogP contribution < -0.4 is 5.73 Å². The van der Waals surface area contributed by atoms with E-state index in [0.717, 1.165) is 11.0 Å². The Kier molecular flexibility index (Phi) is 27.1. The predicted octanol–water partition coefficient (Wildman–Crippen LogP) is 14.3. The highest BCUT2D eigenvalue weighted by Gasteiger charge is 2.15. The summed E-state index contributed by atoms with van der Waals surface area (Å²) >= 11 is 0. The molecule has 2 N–H and O–H groups in total. The Morgan fingerprint density at radius 2 is 0.812 bits per heavy atom. The number of nitrogens with zero attached hydrogens (tertiary/aromatic N) is 3. The lowest BCUT2D eigenvalue weighted by atomic mass is 9.91. The highest BCUT2D eigenvalue weighted by atomic mass is 15.4. The molecular formula is C44H82N4. The number of hydrogen-bond donors (Lipinski definition) is 1. The molecule has 48 heavy (non-hydrogen) atoms. The molecule has 278 valence electrons. The molecule has 0 unspecified atom stereocenters. The first kappa shape index (κ1) is 42.7. The first-order valence-corrected chi connectivity index (χ1v) is 21.8. The molecule has 1 aromatic carbocycles. The minimum Gasteiger partial charge on any atom is -0.312 e. The van der Waals surface area contributed by atoms with Crippen molar-refractivity contribution in [3.05, 3.63) is 22.8 Å². The van der Waals surface area contributed by atoms with Gasteiger partial charge in [0.15, 0.2) is 0 Å². The van der Waals surface area contributed by atoms with Crippen molar-refractivity contribution in [2.75, 3.05) is 0 Å². The lowest BCUT2D eigenvalue weighted by Crippen LogP contribution is -2.09. The minimum absolute atomic E-state index is 0.396. The van der Waals surface area contributed by atoms with Crippen LogP contribution in [0.25, 0.3) is 11.0 Å². The summed E-state index contributed by atoms with van der Waals surface area (Å²) in [4.78, 5) is 0. The summed E-state index contributed by atoms with van der Waals surface area (Å²) in [7, 11) is 0. The molecule has 4 heteroatoms. The van der Waals surface area contributed by atoms with Crippen LogP contribution in [0.4, 0.5) is 0 Å². The van der Waals surface area contributed by atoms with E-state index in [1.807, 2.05) is 4.68 Å². The Labute approximate surface area is 299 Å². The van der Waals surface area contributed by atoms with E-state index < -0.39 is 0 Å². The van der Waals surface area contributed by atoms with E-state index in [4.69, 9.17) is 5.73 Å². The Hall–Kier alpha value is -1.42. The van der Waals surface area contributed by atoms with E-state index in [1.54, 1.807) is 5.56 Å². The maximum absolute atomic E-state index is 6.00. The second-order valence-electron chi connectivity index (χ2n) is 15.4. The zero-order chi connectivity index (χ0) is 34.3. The third-order valence-corrected chi connectivity index (χ3v) is 11.0. The molecule has 0 fully saturated rings. The lowest BCUT2D eigenvalue weighted by Gasteiger charge is -2.14. The number of benzene rings is 1. The summed E-state index contributed by atoms with van der Waals surface area (Å²) in [5.74, 6) is 0. The molecule has 0 bridgehead atoms. The number of unbranched alkanes of at least 4 members (excludes halogenated alkanes) is 30. The monoisotopic (exact) mass is 667 g/mol. The van der Waals surface area contributed by atoms with Gasteiger partial charge in [0.05, 0.1) is 12.2 Å². The van der Waals surface area contributed by atoms with Crippen LogP contribution in [-0.2, 0) is 19.5 Å². The van der Waals surface area contributed by atoms with E-state index in [2.05, 4.69) is 37.1 Å².